The van der Waals surface area contributed by atoms with Gasteiger partial charge in [-0.25, -0.2) is 9.37 Å². The Morgan fingerprint density at radius 3 is 2.71 bits per heavy atom. The summed E-state index contributed by atoms with van der Waals surface area (Å²) in [6.45, 7) is 2.14. The second-order valence-electron chi connectivity index (χ2n) is 5.56. The van der Waals surface area contributed by atoms with Crippen molar-refractivity contribution in [3.8, 4) is 11.1 Å². The first-order valence-electron chi connectivity index (χ1n) is 7.69. The van der Waals surface area contributed by atoms with Crippen LogP contribution in [-0.2, 0) is 4.79 Å². The lowest BCUT2D eigenvalue weighted by Crippen LogP contribution is -2.26. The van der Waals surface area contributed by atoms with Gasteiger partial charge in [0, 0.05) is 18.0 Å². The number of amides is 1. The van der Waals surface area contributed by atoms with Gasteiger partial charge in [0.1, 0.15) is 11.6 Å². The quantitative estimate of drug-likeness (QED) is 0.772. The van der Waals surface area contributed by atoms with E-state index in [1.165, 1.54) is 6.07 Å². The van der Waals surface area contributed by atoms with Crippen molar-refractivity contribution in [1.82, 2.24) is 10.3 Å². The Balaban J connectivity index is 2.01. The summed E-state index contributed by atoms with van der Waals surface area (Å²) in [5.41, 5.74) is 3.12. The number of carbonyl (C=O) groups excluding carboxylic acids is 1. The van der Waals surface area contributed by atoms with Gasteiger partial charge in [0.25, 0.3) is 0 Å². The van der Waals surface area contributed by atoms with Crippen molar-refractivity contribution in [1.29, 1.82) is 0 Å². The second-order valence-corrected chi connectivity index (χ2v) is 5.56. The Bertz CT molecular complexity index is 908. The highest BCUT2D eigenvalue weighted by Crippen LogP contribution is 2.28. The Kier molecular flexibility index (Phi) is 4.42. The van der Waals surface area contributed by atoms with Crippen molar-refractivity contribution < 1.29 is 9.18 Å². The van der Waals surface area contributed by atoms with Crippen LogP contribution in [0.4, 0.5) is 10.2 Å². The molecule has 3 rings (SSSR count). The predicted octanol–water partition coefficient (Wildman–Crippen LogP) is 3.51. The third-order valence-corrected chi connectivity index (χ3v) is 3.91. The van der Waals surface area contributed by atoms with E-state index in [0.29, 0.717) is 11.4 Å². The van der Waals surface area contributed by atoms with Crippen LogP contribution in [0.1, 0.15) is 5.56 Å². The maximum atomic E-state index is 14.0. The molecule has 0 aliphatic heterocycles. The fourth-order valence-corrected chi connectivity index (χ4v) is 2.62. The molecule has 122 valence electrons. The van der Waals surface area contributed by atoms with Crippen LogP contribution in [0.25, 0.3) is 22.0 Å². The van der Waals surface area contributed by atoms with Crippen LogP contribution >= 0.6 is 0 Å². The average molecular weight is 323 g/mol. The highest BCUT2D eigenvalue weighted by Gasteiger charge is 2.08. The number of carbonyl (C=O) groups is 1. The van der Waals surface area contributed by atoms with Gasteiger partial charge in [-0.2, -0.15) is 0 Å². The highest BCUT2D eigenvalue weighted by molar-refractivity contribution is 5.88. The maximum absolute atomic E-state index is 14.0. The number of likely N-dealkylation sites (N-methyl/N-ethyl adjacent to an activating group) is 1. The molecule has 0 saturated heterocycles. The molecule has 24 heavy (non-hydrogen) atoms. The van der Waals surface area contributed by atoms with Gasteiger partial charge in [-0.1, -0.05) is 30.3 Å². The van der Waals surface area contributed by atoms with Crippen molar-refractivity contribution in [2.24, 2.45) is 0 Å². The average Bonchev–Trinajstić information content (AvgIpc) is 2.59. The van der Waals surface area contributed by atoms with Crippen molar-refractivity contribution in [3.05, 3.63) is 59.9 Å². The zero-order valence-corrected chi connectivity index (χ0v) is 13.6. The molecule has 0 spiro atoms. The lowest BCUT2D eigenvalue weighted by atomic mass is 10.0. The van der Waals surface area contributed by atoms with E-state index in [9.17, 15) is 9.18 Å². The fraction of sp³-hybridized carbons (Fsp3) is 0.158. The Labute approximate surface area is 139 Å². The van der Waals surface area contributed by atoms with Crippen LogP contribution < -0.4 is 10.6 Å². The summed E-state index contributed by atoms with van der Waals surface area (Å²) < 4.78 is 14.0. The van der Waals surface area contributed by atoms with Crippen LogP contribution in [0.3, 0.4) is 0 Å². The van der Waals surface area contributed by atoms with Crippen LogP contribution in [0, 0.1) is 12.7 Å². The van der Waals surface area contributed by atoms with Crippen molar-refractivity contribution in [2.45, 2.75) is 6.92 Å². The van der Waals surface area contributed by atoms with Gasteiger partial charge in [0.05, 0.1) is 12.1 Å². The molecule has 2 aromatic carbocycles. The van der Waals surface area contributed by atoms with Gasteiger partial charge in [-0.15, -0.1) is 0 Å². The first-order valence-corrected chi connectivity index (χ1v) is 7.69. The van der Waals surface area contributed by atoms with E-state index in [2.05, 4.69) is 15.6 Å². The molecule has 5 heteroatoms. The Hall–Kier alpha value is -2.95. The van der Waals surface area contributed by atoms with Crippen LogP contribution in [0.5, 0.6) is 0 Å². The van der Waals surface area contributed by atoms with E-state index in [1.54, 1.807) is 19.2 Å². The molecule has 0 aliphatic carbocycles. The number of fused-ring (bicyclic) bond motifs is 1. The number of pyridine rings is 1. The highest BCUT2D eigenvalue weighted by atomic mass is 19.1. The molecule has 0 fully saturated rings. The molecule has 0 aliphatic rings. The normalized spacial score (nSPS) is 10.6. The van der Waals surface area contributed by atoms with Crippen molar-refractivity contribution in [2.75, 3.05) is 18.9 Å². The molecule has 0 bridgehead atoms. The van der Waals surface area contributed by atoms with Crippen LogP contribution in [0.2, 0.25) is 0 Å². The van der Waals surface area contributed by atoms with Gasteiger partial charge >= 0.3 is 0 Å². The van der Waals surface area contributed by atoms with E-state index in [0.717, 1.165) is 22.0 Å². The molecule has 2 N–H and O–H groups in total. The van der Waals surface area contributed by atoms with E-state index in [-0.39, 0.29) is 18.3 Å². The number of hydrogen-bond donors (Lipinski definition) is 2. The summed E-state index contributed by atoms with van der Waals surface area (Å²) in [5.74, 6) is 0.242. The van der Waals surface area contributed by atoms with E-state index < -0.39 is 0 Å². The summed E-state index contributed by atoms with van der Waals surface area (Å²) in [7, 11) is 1.59. The third-order valence-electron chi connectivity index (χ3n) is 3.91. The minimum Gasteiger partial charge on any atom is -0.361 e. The van der Waals surface area contributed by atoms with Gasteiger partial charge in [-0.3, -0.25) is 4.79 Å². The van der Waals surface area contributed by atoms with Crippen molar-refractivity contribution >= 4 is 22.6 Å². The molecular weight excluding hydrogens is 305 g/mol. The molecule has 3 aromatic rings. The lowest BCUT2D eigenvalue weighted by molar-refractivity contribution is -0.118. The molecule has 0 atom stereocenters. The van der Waals surface area contributed by atoms with Crippen molar-refractivity contribution in [3.63, 3.8) is 0 Å². The standard InChI is InChI=1S/C19H18FN3O/c1-12-9-18(22-11-19(24)21-2)23-17-10-13(7-8-14(12)17)15-5-3-4-6-16(15)20/h3-10H,11H2,1-2H3,(H,21,24)(H,22,23). The van der Waals surface area contributed by atoms with E-state index in [4.69, 9.17) is 0 Å². The van der Waals surface area contributed by atoms with E-state index in [1.807, 2.05) is 37.3 Å². The number of hydrogen-bond acceptors (Lipinski definition) is 3. The molecule has 0 radical (unpaired) electrons. The predicted molar refractivity (Wildman–Crippen MR) is 94.4 cm³/mol. The zero-order valence-electron chi connectivity index (χ0n) is 13.6. The number of halogens is 1. The minimum absolute atomic E-state index is 0.116. The molecule has 1 heterocycles. The zero-order chi connectivity index (χ0) is 17.1. The summed E-state index contributed by atoms with van der Waals surface area (Å²) in [4.78, 5) is 15.9. The smallest absolute Gasteiger partial charge is 0.239 e. The van der Waals surface area contributed by atoms with E-state index >= 15 is 0 Å². The lowest BCUT2D eigenvalue weighted by Gasteiger charge is -2.10. The number of benzene rings is 2. The number of aryl methyl sites for hydroxylation is 1. The van der Waals surface area contributed by atoms with Crippen LogP contribution in [0.15, 0.2) is 48.5 Å². The molecular formula is C19H18FN3O. The number of aromatic nitrogens is 1. The molecule has 1 amide bonds. The fourth-order valence-electron chi connectivity index (χ4n) is 2.62. The Morgan fingerprint density at radius 2 is 1.96 bits per heavy atom. The van der Waals surface area contributed by atoms with Crippen LogP contribution in [-0.4, -0.2) is 24.5 Å². The summed E-state index contributed by atoms with van der Waals surface area (Å²) in [6, 6.07) is 14.3. The molecule has 0 saturated carbocycles. The number of nitrogens with zero attached hydrogens (tertiary/aromatic N) is 1. The number of anilines is 1. The van der Waals surface area contributed by atoms with Gasteiger partial charge in [0.2, 0.25) is 5.91 Å². The monoisotopic (exact) mass is 323 g/mol. The summed E-state index contributed by atoms with van der Waals surface area (Å²) in [5, 5.41) is 6.56. The third kappa shape index (κ3) is 3.20. The molecule has 4 nitrogen and oxygen atoms in total. The second kappa shape index (κ2) is 6.66. The SMILES string of the molecule is CNC(=O)CNc1cc(C)c2ccc(-c3ccccc3F)cc2n1. The largest absolute Gasteiger partial charge is 0.361 e. The summed E-state index contributed by atoms with van der Waals surface area (Å²) in [6.07, 6.45) is 0. The number of rotatable bonds is 4. The summed E-state index contributed by atoms with van der Waals surface area (Å²) >= 11 is 0. The Morgan fingerprint density at radius 1 is 1.17 bits per heavy atom. The first kappa shape index (κ1) is 15.9. The van der Waals surface area contributed by atoms with Gasteiger partial charge in [0.15, 0.2) is 0 Å². The topological polar surface area (TPSA) is 54.0 Å². The van der Waals surface area contributed by atoms with Gasteiger partial charge in [-0.05, 0) is 36.2 Å². The minimum atomic E-state index is -0.262. The molecule has 0 unspecified atom stereocenters. The van der Waals surface area contributed by atoms with Gasteiger partial charge < -0.3 is 10.6 Å². The maximum Gasteiger partial charge on any atom is 0.239 e. The number of nitrogens with one attached hydrogen (secondary N) is 2. The molecule has 1 aromatic heterocycles. The first-order chi connectivity index (χ1) is 11.6.